The molecule has 0 saturated heterocycles. The Morgan fingerprint density at radius 1 is 1.23 bits per heavy atom. The Kier molecular flexibility index (Phi) is 4.73. The lowest BCUT2D eigenvalue weighted by Gasteiger charge is -2.20. The summed E-state index contributed by atoms with van der Waals surface area (Å²) in [4.78, 5) is 4.10. The van der Waals surface area contributed by atoms with Crippen LogP contribution in [-0.2, 0) is 16.6 Å². The van der Waals surface area contributed by atoms with Crippen LogP contribution in [0.1, 0.15) is 11.5 Å². The van der Waals surface area contributed by atoms with Crippen LogP contribution < -0.4 is 4.31 Å². The molecule has 0 saturated carbocycles. The number of hydrogen-bond acceptors (Lipinski definition) is 5. The Labute approximate surface area is 150 Å². The fourth-order valence-electron chi connectivity index (χ4n) is 2.38. The number of benzene rings is 2. The molecule has 1 heterocycles. The third-order valence-corrected chi connectivity index (χ3v) is 4.77. The van der Waals surface area contributed by atoms with E-state index in [1.807, 2.05) is 6.07 Å². The van der Waals surface area contributed by atoms with Crippen LogP contribution in [0.5, 0.6) is 0 Å². The highest BCUT2D eigenvalue weighted by atomic mass is 32.2. The molecule has 0 spiro atoms. The Bertz CT molecular complexity index is 1070. The largest absolute Gasteiger partial charge is 0.439 e. The standard InChI is InChI=1S/C18H14FN3O3S/c1-26(23,24)22(16-4-2-3-13(9-16)10-20)12-18-21-11-17(25-18)14-5-7-15(19)8-6-14/h2-9,11H,12H2,1H3. The highest BCUT2D eigenvalue weighted by molar-refractivity contribution is 7.92. The van der Waals surface area contributed by atoms with Crippen molar-refractivity contribution < 1.29 is 17.2 Å². The summed E-state index contributed by atoms with van der Waals surface area (Å²) < 4.78 is 44.1. The molecule has 26 heavy (non-hydrogen) atoms. The van der Waals surface area contributed by atoms with E-state index in [2.05, 4.69) is 4.98 Å². The molecule has 2 aromatic carbocycles. The van der Waals surface area contributed by atoms with E-state index in [1.165, 1.54) is 24.4 Å². The number of oxazole rings is 1. The summed E-state index contributed by atoms with van der Waals surface area (Å²) in [5, 5.41) is 9.01. The monoisotopic (exact) mass is 371 g/mol. The number of nitriles is 1. The molecule has 0 bridgehead atoms. The zero-order valence-corrected chi connectivity index (χ0v) is 14.6. The molecule has 0 fully saturated rings. The number of halogens is 1. The van der Waals surface area contributed by atoms with Crippen LogP contribution in [0.15, 0.2) is 59.1 Å². The lowest BCUT2D eigenvalue weighted by atomic mass is 10.2. The van der Waals surface area contributed by atoms with Crippen LogP contribution in [0.25, 0.3) is 11.3 Å². The molecule has 0 aliphatic rings. The topological polar surface area (TPSA) is 87.2 Å². The SMILES string of the molecule is CS(=O)(=O)N(Cc1ncc(-c2ccc(F)cc2)o1)c1cccc(C#N)c1. The van der Waals surface area contributed by atoms with Gasteiger partial charge in [0.1, 0.15) is 12.4 Å². The fourth-order valence-corrected chi connectivity index (χ4v) is 3.23. The zero-order valence-electron chi connectivity index (χ0n) is 13.8. The van der Waals surface area contributed by atoms with Crippen molar-refractivity contribution >= 4 is 15.7 Å². The Morgan fingerprint density at radius 2 is 1.96 bits per heavy atom. The Balaban J connectivity index is 1.91. The molecule has 0 aliphatic heterocycles. The molecule has 0 unspecified atom stereocenters. The number of hydrogen-bond donors (Lipinski definition) is 0. The number of rotatable bonds is 5. The van der Waals surface area contributed by atoms with Gasteiger partial charge in [-0.05, 0) is 42.5 Å². The summed E-state index contributed by atoms with van der Waals surface area (Å²) in [6, 6.07) is 13.9. The van der Waals surface area contributed by atoms with E-state index >= 15 is 0 Å². The molecule has 3 aromatic rings. The molecule has 0 radical (unpaired) electrons. The molecular weight excluding hydrogens is 357 g/mol. The third kappa shape index (κ3) is 3.90. The summed E-state index contributed by atoms with van der Waals surface area (Å²) >= 11 is 0. The maximum absolute atomic E-state index is 13.0. The van der Waals surface area contributed by atoms with Crippen LogP contribution in [0.2, 0.25) is 0 Å². The van der Waals surface area contributed by atoms with E-state index in [9.17, 15) is 12.8 Å². The van der Waals surface area contributed by atoms with E-state index in [-0.39, 0.29) is 18.3 Å². The lowest BCUT2D eigenvalue weighted by molar-refractivity contribution is 0.506. The van der Waals surface area contributed by atoms with E-state index in [0.717, 1.165) is 10.6 Å². The van der Waals surface area contributed by atoms with Crippen LogP contribution in [-0.4, -0.2) is 19.7 Å². The lowest BCUT2D eigenvalue weighted by Crippen LogP contribution is -2.29. The molecule has 3 rings (SSSR count). The second kappa shape index (κ2) is 6.98. The van der Waals surface area contributed by atoms with E-state index in [4.69, 9.17) is 9.68 Å². The third-order valence-electron chi connectivity index (χ3n) is 3.62. The minimum absolute atomic E-state index is 0.130. The van der Waals surface area contributed by atoms with Crippen molar-refractivity contribution in [2.24, 2.45) is 0 Å². The predicted octanol–water partition coefficient (Wildman–Crippen LogP) is 3.32. The summed E-state index contributed by atoms with van der Waals surface area (Å²) in [5.41, 5.74) is 1.31. The average molecular weight is 371 g/mol. The van der Waals surface area contributed by atoms with Gasteiger partial charge in [-0.25, -0.2) is 17.8 Å². The van der Waals surface area contributed by atoms with Gasteiger partial charge in [-0.1, -0.05) is 6.07 Å². The highest BCUT2D eigenvalue weighted by Crippen LogP contribution is 2.25. The first-order chi connectivity index (χ1) is 12.4. The molecular formula is C18H14FN3O3S. The Morgan fingerprint density at radius 3 is 2.62 bits per heavy atom. The summed E-state index contributed by atoms with van der Waals surface area (Å²) in [7, 11) is -3.63. The summed E-state index contributed by atoms with van der Waals surface area (Å²) in [6.07, 6.45) is 2.52. The van der Waals surface area contributed by atoms with Crippen molar-refractivity contribution in [1.29, 1.82) is 5.26 Å². The number of sulfonamides is 1. The maximum atomic E-state index is 13.0. The van der Waals surface area contributed by atoms with Crippen molar-refractivity contribution in [3.8, 4) is 17.4 Å². The number of aromatic nitrogens is 1. The van der Waals surface area contributed by atoms with Gasteiger partial charge in [0.05, 0.1) is 29.8 Å². The van der Waals surface area contributed by atoms with Gasteiger partial charge in [0.25, 0.3) is 0 Å². The van der Waals surface area contributed by atoms with Crippen molar-refractivity contribution in [2.45, 2.75) is 6.54 Å². The van der Waals surface area contributed by atoms with Crippen LogP contribution in [0.3, 0.4) is 0 Å². The molecule has 132 valence electrons. The smallest absolute Gasteiger partial charge is 0.232 e. The number of nitrogens with zero attached hydrogens (tertiary/aromatic N) is 3. The van der Waals surface area contributed by atoms with Crippen LogP contribution >= 0.6 is 0 Å². The molecule has 8 heteroatoms. The first-order valence-corrected chi connectivity index (χ1v) is 9.40. The Hall–Kier alpha value is -3.18. The molecule has 0 aliphatic carbocycles. The maximum Gasteiger partial charge on any atom is 0.232 e. The van der Waals surface area contributed by atoms with Gasteiger partial charge in [0.15, 0.2) is 5.76 Å². The second-order valence-corrected chi connectivity index (χ2v) is 7.46. The van der Waals surface area contributed by atoms with E-state index in [0.29, 0.717) is 22.6 Å². The average Bonchev–Trinajstić information content (AvgIpc) is 3.08. The zero-order chi connectivity index (χ0) is 18.7. The predicted molar refractivity (Wildman–Crippen MR) is 94.1 cm³/mol. The highest BCUT2D eigenvalue weighted by Gasteiger charge is 2.21. The van der Waals surface area contributed by atoms with E-state index < -0.39 is 10.0 Å². The van der Waals surface area contributed by atoms with Gasteiger partial charge in [0, 0.05) is 5.56 Å². The van der Waals surface area contributed by atoms with Crippen molar-refractivity contribution in [1.82, 2.24) is 4.98 Å². The van der Waals surface area contributed by atoms with Crippen molar-refractivity contribution in [3.05, 3.63) is 72.0 Å². The first kappa shape index (κ1) is 17.6. The molecule has 6 nitrogen and oxygen atoms in total. The van der Waals surface area contributed by atoms with Gasteiger partial charge in [-0.2, -0.15) is 5.26 Å². The van der Waals surface area contributed by atoms with Crippen LogP contribution in [0.4, 0.5) is 10.1 Å². The van der Waals surface area contributed by atoms with Gasteiger partial charge in [0.2, 0.25) is 15.9 Å². The minimum Gasteiger partial charge on any atom is -0.439 e. The molecule has 0 N–H and O–H groups in total. The van der Waals surface area contributed by atoms with Crippen molar-refractivity contribution in [3.63, 3.8) is 0 Å². The van der Waals surface area contributed by atoms with Gasteiger partial charge in [-0.3, -0.25) is 4.31 Å². The second-order valence-electron chi connectivity index (χ2n) is 5.56. The van der Waals surface area contributed by atoms with Crippen molar-refractivity contribution in [2.75, 3.05) is 10.6 Å². The van der Waals surface area contributed by atoms with Gasteiger partial charge >= 0.3 is 0 Å². The normalized spacial score (nSPS) is 11.1. The fraction of sp³-hybridized carbons (Fsp3) is 0.111. The molecule has 0 atom stereocenters. The van der Waals surface area contributed by atoms with Gasteiger partial charge in [-0.15, -0.1) is 0 Å². The number of anilines is 1. The van der Waals surface area contributed by atoms with E-state index in [1.54, 1.807) is 30.3 Å². The minimum atomic E-state index is -3.63. The van der Waals surface area contributed by atoms with Crippen LogP contribution in [0, 0.1) is 17.1 Å². The summed E-state index contributed by atoms with van der Waals surface area (Å²) in [6.45, 7) is -0.130. The first-order valence-electron chi connectivity index (χ1n) is 7.55. The molecule has 1 aromatic heterocycles. The quantitative estimate of drug-likeness (QED) is 0.687. The summed E-state index contributed by atoms with van der Waals surface area (Å²) in [5.74, 6) is 0.213. The molecule has 0 amide bonds. The van der Waals surface area contributed by atoms with Gasteiger partial charge < -0.3 is 4.42 Å².